The molecule has 0 spiro atoms. The zero-order valence-electron chi connectivity index (χ0n) is 22.3. The molecule has 0 aromatic carbocycles. The second-order valence-electron chi connectivity index (χ2n) is 10.9. The lowest BCUT2D eigenvalue weighted by Gasteiger charge is -2.34. The number of hydrogen-bond donors (Lipinski definition) is 2. The van der Waals surface area contributed by atoms with Gasteiger partial charge in [0.25, 0.3) is 0 Å². The van der Waals surface area contributed by atoms with E-state index in [0.717, 1.165) is 43.4 Å². The molecule has 2 saturated carbocycles. The number of allylic oxidation sites excluding steroid dienone is 2. The summed E-state index contributed by atoms with van der Waals surface area (Å²) >= 11 is 0. The van der Waals surface area contributed by atoms with Crippen molar-refractivity contribution in [2.75, 3.05) is 26.4 Å². The minimum absolute atomic E-state index is 0.00921. The Hall–Kier alpha value is -1.92. The van der Waals surface area contributed by atoms with E-state index in [9.17, 15) is 9.59 Å². The van der Waals surface area contributed by atoms with Crippen LogP contribution < -0.4 is 0 Å². The van der Waals surface area contributed by atoms with E-state index >= 15 is 0 Å². The summed E-state index contributed by atoms with van der Waals surface area (Å²) in [5.41, 5.74) is 0.0184. The van der Waals surface area contributed by atoms with Gasteiger partial charge in [-0.25, -0.2) is 9.59 Å². The number of ether oxygens (including phenoxy) is 2. The molecule has 2 aliphatic rings. The van der Waals surface area contributed by atoms with E-state index in [2.05, 4.69) is 32.2 Å². The quantitative estimate of drug-likeness (QED) is 0.173. The number of rotatable bonds is 15. The van der Waals surface area contributed by atoms with Crippen LogP contribution in [0.25, 0.3) is 0 Å². The van der Waals surface area contributed by atoms with Crippen molar-refractivity contribution in [3.8, 4) is 0 Å². The predicted octanol–water partition coefficient (Wildman–Crippen LogP) is 5.54. The van der Waals surface area contributed by atoms with Crippen LogP contribution in [0, 0.1) is 29.6 Å². The maximum atomic E-state index is 12.0. The van der Waals surface area contributed by atoms with E-state index in [1.807, 2.05) is 0 Å². The molecule has 0 unspecified atom stereocenters. The van der Waals surface area contributed by atoms with Gasteiger partial charge in [0.15, 0.2) is 0 Å². The standard InChI is InChI=1S/C30H48O6/c1-4-5-6-7-24-8-10-25(11-9-24)12-13-26-14-16-27(17-15-26)28(20-35-29(33)22(2)18-31)21-36-30(34)23(3)19-32/h4-5,24-28,31-32H,2-3,6-21H2,1H3/b5-4+. The van der Waals surface area contributed by atoms with E-state index in [-0.39, 0.29) is 30.3 Å². The summed E-state index contributed by atoms with van der Waals surface area (Å²) in [6.45, 7) is 8.45. The molecule has 0 aliphatic heterocycles. The van der Waals surface area contributed by atoms with Crippen LogP contribution in [-0.4, -0.2) is 48.6 Å². The summed E-state index contributed by atoms with van der Waals surface area (Å²) in [5, 5.41) is 18.2. The Balaban J connectivity index is 1.77. The number of hydrogen-bond acceptors (Lipinski definition) is 6. The van der Waals surface area contributed by atoms with Crippen LogP contribution in [0.15, 0.2) is 36.5 Å². The summed E-state index contributed by atoms with van der Waals surface area (Å²) in [7, 11) is 0. The smallest absolute Gasteiger partial charge is 0.335 e. The van der Waals surface area contributed by atoms with Crippen molar-refractivity contribution in [3.05, 3.63) is 36.5 Å². The average molecular weight is 505 g/mol. The average Bonchev–Trinajstić information content (AvgIpc) is 2.91. The second-order valence-corrected chi connectivity index (χ2v) is 10.9. The van der Waals surface area contributed by atoms with Gasteiger partial charge >= 0.3 is 11.9 Å². The number of carbonyl (C=O) groups excluding carboxylic acids is 2. The van der Waals surface area contributed by atoms with Gasteiger partial charge in [-0.15, -0.1) is 0 Å². The van der Waals surface area contributed by atoms with Crippen molar-refractivity contribution < 1.29 is 29.3 Å². The third kappa shape index (κ3) is 10.6. The van der Waals surface area contributed by atoms with Gasteiger partial charge in [-0.3, -0.25) is 0 Å². The molecule has 0 heterocycles. The van der Waals surface area contributed by atoms with E-state index in [4.69, 9.17) is 19.7 Å². The van der Waals surface area contributed by atoms with Crippen molar-refractivity contribution in [1.29, 1.82) is 0 Å². The molecule has 0 bridgehead atoms. The third-order valence-electron chi connectivity index (χ3n) is 8.30. The summed E-state index contributed by atoms with van der Waals surface area (Å²) in [4.78, 5) is 24.0. The molecular formula is C30H48O6. The SMILES string of the molecule is C=C(CO)C(=O)OCC(COC(=O)C(=C)CO)C1CCC(CCC2CCC(CC/C=C/C)CC2)CC1. The minimum Gasteiger partial charge on any atom is -0.462 e. The molecule has 2 N–H and O–H groups in total. The van der Waals surface area contributed by atoms with Gasteiger partial charge in [-0.05, 0) is 56.3 Å². The molecule has 0 radical (unpaired) electrons. The number of aliphatic hydroxyl groups is 2. The molecule has 0 aromatic heterocycles. The molecule has 2 fully saturated rings. The van der Waals surface area contributed by atoms with Crippen LogP contribution in [0.2, 0.25) is 0 Å². The first-order valence-corrected chi connectivity index (χ1v) is 13.9. The van der Waals surface area contributed by atoms with Gasteiger partial charge in [0.1, 0.15) is 0 Å². The van der Waals surface area contributed by atoms with Crippen molar-refractivity contribution in [2.24, 2.45) is 29.6 Å². The van der Waals surface area contributed by atoms with Crippen LogP contribution in [0.5, 0.6) is 0 Å². The first-order chi connectivity index (χ1) is 17.4. The van der Waals surface area contributed by atoms with Gasteiger partial charge in [0.2, 0.25) is 0 Å². The first kappa shape index (κ1) is 30.3. The highest BCUT2D eigenvalue weighted by molar-refractivity contribution is 5.88. The van der Waals surface area contributed by atoms with Crippen LogP contribution in [0.4, 0.5) is 0 Å². The van der Waals surface area contributed by atoms with E-state index in [1.54, 1.807) is 0 Å². The van der Waals surface area contributed by atoms with Gasteiger partial charge in [-0.2, -0.15) is 0 Å². The zero-order valence-corrected chi connectivity index (χ0v) is 22.3. The Morgan fingerprint density at radius 2 is 1.19 bits per heavy atom. The summed E-state index contributed by atoms with van der Waals surface area (Å²) < 4.78 is 10.7. The lowest BCUT2D eigenvalue weighted by atomic mass is 9.72. The van der Waals surface area contributed by atoms with Crippen LogP contribution >= 0.6 is 0 Å². The zero-order chi connectivity index (χ0) is 26.3. The maximum Gasteiger partial charge on any atom is 0.335 e. The Bertz CT molecular complexity index is 694. The fraction of sp³-hybridized carbons (Fsp3) is 0.733. The Labute approximate surface area is 217 Å². The highest BCUT2D eigenvalue weighted by Crippen LogP contribution is 2.39. The second kappa shape index (κ2) is 16.8. The molecule has 36 heavy (non-hydrogen) atoms. The summed E-state index contributed by atoms with van der Waals surface area (Å²) in [6.07, 6.45) is 19.5. The largest absolute Gasteiger partial charge is 0.462 e. The predicted molar refractivity (Wildman–Crippen MR) is 142 cm³/mol. The molecule has 2 rings (SSSR count). The molecule has 0 saturated heterocycles. The lowest BCUT2D eigenvalue weighted by molar-refractivity contribution is -0.146. The Morgan fingerprint density at radius 1 is 0.778 bits per heavy atom. The van der Waals surface area contributed by atoms with E-state index in [0.29, 0.717) is 5.92 Å². The molecule has 6 heteroatoms. The van der Waals surface area contributed by atoms with Gasteiger partial charge in [-0.1, -0.05) is 76.7 Å². The fourth-order valence-corrected chi connectivity index (χ4v) is 5.75. The highest BCUT2D eigenvalue weighted by atomic mass is 16.5. The molecule has 2 aliphatic carbocycles. The topological polar surface area (TPSA) is 93.1 Å². The molecule has 6 nitrogen and oxygen atoms in total. The van der Waals surface area contributed by atoms with Crippen molar-refractivity contribution in [3.63, 3.8) is 0 Å². The molecule has 204 valence electrons. The van der Waals surface area contributed by atoms with Gasteiger partial charge in [0.05, 0.1) is 37.6 Å². The number of carbonyl (C=O) groups is 2. The van der Waals surface area contributed by atoms with Crippen LogP contribution in [0.1, 0.15) is 84.0 Å². The monoisotopic (exact) mass is 504 g/mol. The normalized spacial score (nSPS) is 24.6. The minimum atomic E-state index is -0.626. The highest BCUT2D eigenvalue weighted by Gasteiger charge is 2.31. The third-order valence-corrected chi connectivity index (χ3v) is 8.30. The number of aliphatic hydroxyl groups excluding tert-OH is 2. The molecule has 0 atom stereocenters. The van der Waals surface area contributed by atoms with E-state index in [1.165, 1.54) is 51.4 Å². The van der Waals surface area contributed by atoms with Crippen molar-refractivity contribution >= 4 is 11.9 Å². The van der Waals surface area contributed by atoms with Gasteiger partial charge in [0, 0.05) is 5.92 Å². The Morgan fingerprint density at radius 3 is 1.61 bits per heavy atom. The lowest BCUT2D eigenvalue weighted by Crippen LogP contribution is -2.31. The molecule has 0 amide bonds. The van der Waals surface area contributed by atoms with Crippen molar-refractivity contribution in [1.82, 2.24) is 0 Å². The summed E-state index contributed by atoms with van der Waals surface area (Å²) in [6, 6.07) is 0. The molecular weight excluding hydrogens is 456 g/mol. The fourth-order valence-electron chi connectivity index (χ4n) is 5.75. The van der Waals surface area contributed by atoms with Crippen LogP contribution in [0.3, 0.4) is 0 Å². The van der Waals surface area contributed by atoms with Gasteiger partial charge < -0.3 is 19.7 Å². The first-order valence-electron chi connectivity index (χ1n) is 13.9. The number of esters is 2. The van der Waals surface area contributed by atoms with Crippen LogP contribution in [-0.2, 0) is 19.1 Å². The van der Waals surface area contributed by atoms with E-state index < -0.39 is 25.2 Å². The Kier molecular flexibility index (Phi) is 14.1. The summed E-state index contributed by atoms with van der Waals surface area (Å²) in [5.74, 6) is 1.44. The maximum absolute atomic E-state index is 12.0. The molecule has 0 aromatic rings. The van der Waals surface area contributed by atoms with Crippen molar-refractivity contribution in [2.45, 2.75) is 84.0 Å².